The van der Waals surface area contributed by atoms with E-state index in [2.05, 4.69) is 47.4 Å². The summed E-state index contributed by atoms with van der Waals surface area (Å²) in [7, 11) is 0. The van der Waals surface area contributed by atoms with Gasteiger partial charge in [-0.2, -0.15) is 10.2 Å². The Hall–Kier alpha value is -2.45. The molecule has 0 bridgehead atoms. The summed E-state index contributed by atoms with van der Waals surface area (Å²) in [5, 5.41) is 12.8. The van der Waals surface area contributed by atoms with Gasteiger partial charge in [-0.25, -0.2) is 0 Å². The molecule has 4 nitrogen and oxygen atoms in total. The minimum Gasteiger partial charge on any atom is -0.333 e. The monoisotopic (exact) mass is 281 g/mol. The van der Waals surface area contributed by atoms with Crippen molar-refractivity contribution in [3.63, 3.8) is 0 Å². The number of nitrogens with zero attached hydrogens (tertiary/aromatic N) is 3. The highest BCUT2D eigenvalue weighted by Gasteiger charge is 2.11. The van der Waals surface area contributed by atoms with E-state index < -0.39 is 0 Å². The van der Waals surface area contributed by atoms with Gasteiger partial charge in [-0.05, 0) is 24.6 Å². The van der Waals surface area contributed by atoms with Crippen molar-refractivity contribution < 1.29 is 4.52 Å². The molecule has 2 heterocycles. The number of thiophene rings is 1. The molecule has 0 aliphatic heterocycles. The number of aromatic nitrogens is 2. The molecule has 98 valence electrons. The lowest BCUT2D eigenvalue weighted by molar-refractivity contribution is 0.424. The second-order valence-corrected chi connectivity index (χ2v) is 5.54. The highest BCUT2D eigenvalue weighted by molar-refractivity contribution is 7.15. The lowest BCUT2D eigenvalue weighted by Gasteiger charge is -1.96. The van der Waals surface area contributed by atoms with E-state index in [1.54, 1.807) is 6.07 Å². The van der Waals surface area contributed by atoms with Crippen molar-refractivity contribution >= 4 is 11.3 Å². The molecule has 0 spiro atoms. The Labute approximate surface area is 120 Å². The van der Waals surface area contributed by atoms with E-state index >= 15 is 0 Å². The summed E-state index contributed by atoms with van der Waals surface area (Å²) in [4.78, 5) is 5.83. The maximum absolute atomic E-state index is 8.81. The summed E-state index contributed by atoms with van der Waals surface area (Å²) in [6.45, 7) is 2.06. The van der Waals surface area contributed by atoms with Gasteiger partial charge in [-0.1, -0.05) is 35.0 Å². The van der Waals surface area contributed by atoms with Crippen LogP contribution in [-0.2, 0) is 6.42 Å². The fourth-order valence-electron chi connectivity index (χ4n) is 1.83. The highest BCUT2D eigenvalue weighted by atomic mass is 32.1. The van der Waals surface area contributed by atoms with Crippen LogP contribution < -0.4 is 0 Å². The van der Waals surface area contributed by atoms with E-state index in [1.807, 2.05) is 6.07 Å². The van der Waals surface area contributed by atoms with Gasteiger partial charge in [-0.3, -0.25) is 0 Å². The summed E-state index contributed by atoms with van der Waals surface area (Å²) in [6.07, 6.45) is 0.639. The van der Waals surface area contributed by atoms with Gasteiger partial charge in [0.2, 0.25) is 0 Å². The topological polar surface area (TPSA) is 62.7 Å². The second-order valence-electron chi connectivity index (χ2n) is 4.45. The first-order valence-electron chi connectivity index (χ1n) is 6.13. The van der Waals surface area contributed by atoms with Gasteiger partial charge in [0.25, 0.3) is 5.89 Å². The van der Waals surface area contributed by atoms with E-state index in [1.165, 1.54) is 16.9 Å². The van der Waals surface area contributed by atoms with Gasteiger partial charge in [0.15, 0.2) is 5.82 Å². The molecule has 0 fully saturated rings. The van der Waals surface area contributed by atoms with Gasteiger partial charge in [-0.15, -0.1) is 11.3 Å². The van der Waals surface area contributed by atoms with Crippen LogP contribution in [0.25, 0.3) is 10.8 Å². The first-order valence-corrected chi connectivity index (χ1v) is 6.95. The number of aryl methyl sites for hydroxylation is 1. The Bertz CT molecular complexity index is 765. The number of hydrogen-bond acceptors (Lipinski definition) is 5. The van der Waals surface area contributed by atoms with E-state index in [0.29, 0.717) is 23.0 Å². The minimum absolute atomic E-state index is 0.471. The average molecular weight is 281 g/mol. The lowest BCUT2D eigenvalue weighted by Crippen LogP contribution is -1.90. The summed E-state index contributed by atoms with van der Waals surface area (Å²) in [5.74, 6) is 1.12. The molecule has 0 atom stereocenters. The largest absolute Gasteiger partial charge is 0.333 e. The first-order chi connectivity index (χ1) is 9.74. The maximum Gasteiger partial charge on any atom is 0.268 e. The van der Waals surface area contributed by atoms with Crippen molar-refractivity contribution in [2.75, 3.05) is 0 Å². The van der Waals surface area contributed by atoms with Crippen LogP contribution in [0, 0.1) is 18.3 Å². The van der Waals surface area contributed by atoms with Crippen molar-refractivity contribution in [1.29, 1.82) is 5.26 Å². The molecule has 20 heavy (non-hydrogen) atoms. The Morgan fingerprint density at radius 2 is 2.00 bits per heavy atom. The zero-order chi connectivity index (χ0) is 13.9. The third-order valence-corrected chi connectivity index (χ3v) is 3.86. The Kier molecular flexibility index (Phi) is 3.32. The fourth-order valence-corrected chi connectivity index (χ4v) is 2.55. The fraction of sp³-hybridized carbons (Fsp3) is 0.133. The number of hydrogen-bond donors (Lipinski definition) is 0. The zero-order valence-corrected chi connectivity index (χ0v) is 11.6. The van der Waals surface area contributed by atoms with Crippen LogP contribution >= 0.6 is 11.3 Å². The third-order valence-electron chi connectivity index (χ3n) is 2.88. The molecule has 0 amide bonds. The number of benzene rings is 1. The molecular weight excluding hydrogens is 270 g/mol. The van der Waals surface area contributed by atoms with Crippen molar-refractivity contribution in [2.24, 2.45) is 0 Å². The smallest absolute Gasteiger partial charge is 0.268 e. The van der Waals surface area contributed by atoms with Gasteiger partial charge < -0.3 is 4.52 Å². The second kappa shape index (κ2) is 5.27. The van der Waals surface area contributed by atoms with E-state index in [-0.39, 0.29) is 0 Å². The summed E-state index contributed by atoms with van der Waals surface area (Å²) in [6, 6.07) is 13.9. The maximum atomic E-state index is 8.81. The molecule has 3 aromatic rings. The molecule has 0 unspecified atom stereocenters. The van der Waals surface area contributed by atoms with E-state index in [9.17, 15) is 0 Å². The minimum atomic E-state index is 0.471. The first kappa shape index (κ1) is 12.6. The Morgan fingerprint density at radius 3 is 2.70 bits per heavy atom. The van der Waals surface area contributed by atoms with Gasteiger partial charge in [0.05, 0.1) is 4.88 Å². The van der Waals surface area contributed by atoms with Gasteiger partial charge in [0, 0.05) is 6.42 Å². The standard InChI is InChI=1S/C15H11N3OS/c1-10-2-4-11(5-3-10)8-14-17-15(19-18-14)13-7-6-12(9-16)20-13/h2-7H,8H2,1H3. The Morgan fingerprint density at radius 1 is 1.20 bits per heavy atom. The quantitative estimate of drug-likeness (QED) is 0.736. The molecule has 0 saturated carbocycles. The molecule has 0 aliphatic carbocycles. The molecular formula is C15H11N3OS. The highest BCUT2D eigenvalue weighted by Crippen LogP contribution is 2.26. The third kappa shape index (κ3) is 2.60. The molecule has 3 rings (SSSR count). The zero-order valence-electron chi connectivity index (χ0n) is 10.8. The molecule has 5 heteroatoms. The lowest BCUT2D eigenvalue weighted by atomic mass is 10.1. The van der Waals surface area contributed by atoms with Crippen LogP contribution in [0.15, 0.2) is 40.9 Å². The molecule has 0 radical (unpaired) electrons. The van der Waals surface area contributed by atoms with Crippen molar-refractivity contribution in [3.05, 3.63) is 58.2 Å². The predicted octanol–water partition coefficient (Wildman–Crippen LogP) is 3.57. The van der Waals surface area contributed by atoms with Crippen LogP contribution in [0.2, 0.25) is 0 Å². The van der Waals surface area contributed by atoms with Crippen molar-refractivity contribution in [1.82, 2.24) is 10.1 Å². The normalized spacial score (nSPS) is 10.4. The van der Waals surface area contributed by atoms with E-state index in [4.69, 9.17) is 9.78 Å². The van der Waals surface area contributed by atoms with Crippen LogP contribution in [0.1, 0.15) is 21.8 Å². The van der Waals surface area contributed by atoms with E-state index in [0.717, 1.165) is 10.4 Å². The van der Waals surface area contributed by atoms with Crippen molar-refractivity contribution in [2.45, 2.75) is 13.3 Å². The van der Waals surface area contributed by atoms with Crippen LogP contribution in [0.3, 0.4) is 0 Å². The number of rotatable bonds is 3. The van der Waals surface area contributed by atoms with Crippen LogP contribution in [0.5, 0.6) is 0 Å². The van der Waals surface area contributed by atoms with Gasteiger partial charge in [0.1, 0.15) is 10.9 Å². The van der Waals surface area contributed by atoms with Crippen LogP contribution in [0.4, 0.5) is 0 Å². The molecule has 0 saturated heterocycles. The SMILES string of the molecule is Cc1ccc(Cc2noc(-c3ccc(C#N)s3)n2)cc1. The molecule has 0 N–H and O–H groups in total. The molecule has 2 aromatic heterocycles. The van der Waals surface area contributed by atoms with Crippen molar-refractivity contribution in [3.8, 4) is 16.8 Å². The van der Waals surface area contributed by atoms with Crippen LogP contribution in [-0.4, -0.2) is 10.1 Å². The summed E-state index contributed by atoms with van der Waals surface area (Å²) in [5.41, 5.74) is 2.37. The average Bonchev–Trinajstić information content (AvgIpc) is 3.10. The Balaban J connectivity index is 1.80. The predicted molar refractivity (Wildman–Crippen MR) is 76.3 cm³/mol. The summed E-state index contributed by atoms with van der Waals surface area (Å²) < 4.78 is 5.24. The number of nitriles is 1. The molecule has 0 aliphatic rings. The summed E-state index contributed by atoms with van der Waals surface area (Å²) >= 11 is 1.35. The van der Waals surface area contributed by atoms with Gasteiger partial charge >= 0.3 is 0 Å². The molecule has 1 aromatic carbocycles.